The molecule has 0 aliphatic carbocycles. The van der Waals surface area contributed by atoms with Gasteiger partial charge in [-0.15, -0.1) is 0 Å². The average molecular weight is 372 g/mol. The Kier molecular flexibility index (Phi) is 3.07. The molecule has 0 amide bonds. The number of fused-ring (bicyclic) bond motifs is 1. The van der Waals surface area contributed by atoms with Crippen LogP contribution in [-0.4, -0.2) is 0 Å². The summed E-state index contributed by atoms with van der Waals surface area (Å²) in [6.45, 7) is 0. The number of hydrogen-bond donors (Lipinski definition) is 0. The molecule has 17 heavy (non-hydrogen) atoms. The quantitative estimate of drug-likeness (QED) is 0.689. The fourth-order valence-electron chi connectivity index (χ4n) is 1.34. The van der Waals surface area contributed by atoms with E-state index in [1.807, 2.05) is 0 Å². The van der Waals surface area contributed by atoms with Gasteiger partial charge in [0, 0.05) is 0 Å². The lowest BCUT2D eigenvalue weighted by molar-refractivity contribution is -0.137. The zero-order chi connectivity index (χ0) is 12.8. The van der Waals surface area contributed by atoms with Crippen molar-refractivity contribution >= 4 is 42.8 Å². The molecule has 0 bridgehead atoms. The minimum atomic E-state index is -4.51. The summed E-state index contributed by atoms with van der Waals surface area (Å²) >= 11 is 5.86. The summed E-state index contributed by atoms with van der Waals surface area (Å²) in [5.41, 5.74) is -1.36. The van der Waals surface area contributed by atoms with Gasteiger partial charge in [-0.25, -0.2) is 0 Å². The zero-order valence-electron chi connectivity index (χ0n) is 7.94. The summed E-state index contributed by atoms with van der Waals surface area (Å²) in [7, 11) is 0. The fourth-order valence-corrected chi connectivity index (χ4v) is 2.20. The van der Waals surface area contributed by atoms with Crippen molar-refractivity contribution in [1.82, 2.24) is 0 Å². The molecule has 0 N–H and O–H groups in total. The molecule has 0 aliphatic heterocycles. The van der Waals surface area contributed by atoms with Crippen LogP contribution in [-0.2, 0) is 6.18 Å². The maximum Gasteiger partial charge on any atom is 0.416 e. The Morgan fingerprint density at radius 3 is 2.35 bits per heavy atom. The molecule has 90 valence electrons. The number of benzene rings is 1. The third-order valence-electron chi connectivity index (χ3n) is 2.11. The molecule has 2 rings (SSSR count). The van der Waals surface area contributed by atoms with E-state index >= 15 is 0 Å². The first kappa shape index (κ1) is 12.6. The maximum atomic E-state index is 12.6. The SMILES string of the molecule is O=c1c(Br)coc2c(Br)cc(C(F)(F)F)cc12. The Balaban J connectivity index is 2.89. The Bertz CT molecular complexity index is 646. The van der Waals surface area contributed by atoms with E-state index in [0.29, 0.717) is 0 Å². The van der Waals surface area contributed by atoms with Crippen molar-refractivity contribution in [2.24, 2.45) is 0 Å². The van der Waals surface area contributed by atoms with Crippen LogP contribution < -0.4 is 5.43 Å². The molecule has 0 spiro atoms. The third kappa shape index (κ3) is 2.26. The second kappa shape index (κ2) is 4.13. The third-order valence-corrected chi connectivity index (χ3v) is 3.25. The molecule has 0 aliphatic rings. The monoisotopic (exact) mass is 370 g/mol. The van der Waals surface area contributed by atoms with Crippen LogP contribution in [0, 0.1) is 0 Å². The number of rotatable bonds is 0. The first-order valence-electron chi connectivity index (χ1n) is 4.28. The van der Waals surface area contributed by atoms with Crippen molar-refractivity contribution in [2.45, 2.75) is 6.18 Å². The van der Waals surface area contributed by atoms with Gasteiger partial charge < -0.3 is 4.42 Å². The highest BCUT2D eigenvalue weighted by Gasteiger charge is 2.31. The number of halogens is 5. The van der Waals surface area contributed by atoms with Crippen LogP contribution in [0.1, 0.15) is 5.56 Å². The lowest BCUT2D eigenvalue weighted by atomic mass is 10.1. The standard InChI is InChI=1S/C10H3Br2F3O2/c11-6-2-4(10(13,14)15)1-5-8(16)7(12)3-17-9(5)6/h1-3H. The molecule has 2 nitrogen and oxygen atoms in total. The van der Waals surface area contributed by atoms with Crippen LogP contribution in [0.3, 0.4) is 0 Å². The molecular formula is C10H3Br2F3O2. The molecular weight excluding hydrogens is 369 g/mol. The molecule has 2 aromatic rings. The summed E-state index contributed by atoms with van der Waals surface area (Å²) < 4.78 is 42.9. The van der Waals surface area contributed by atoms with Crippen LogP contribution in [0.5, 0.6) is 0 Å². The Morgan fingerprint density at radius 2 is 1.76 bits per heavy atom. The van der Waals surface area contributed by atoms with Gasteiger partial charge >= 0.3 is 6.18 Å². The summed E-state index contributed by atoms with van der Waals surface area (Å²) in [4.78, 5) is 11.7. The molecule has 1 heterocycles. The van der Waals surface area contributed by atoms with E-state index in [0.717, 1.165) is 18.4 Å². The molecule has 1 aromatic carbocycles. The Labute approximate surface area is 110 Å². The van der Waals surface area contributed by atoms with Gasteiger partial charge in [0.15, 0.2) is 5.58 Å². The maximum absolute atomic E-state index is 12.6. The largest absolute Gasteiger partial charge is 0.462 e. The first-order chi connectivity index (χ1) is 7.80. The highest BCUT2D eigenvalue weighted by Crippen LogP contribution is 2.34. The van der Waals surface area contributed by atoms with Crippen molar-refractivity contribution in [3.8, 4) is 0 Å². The number of alkyl halides is 3. The highest BCUT2D eigenvalue weighted by molar-refractivity contribution is 9.11. The topological polar surface area (TPSA) is 30.2 Å². The summed E-state index contributed by atoms with van der Waals surface area (Å²) in [5.74, 6) is 0. The van der Waals surface area contributed by atoms with Gasteiger partial charge in [-0.1, -0.05) is 0 Å². The minimum Gasteiger partial charge on any atom is -0.462 e. The first-order valence-corrected chi connectivity index (χ1v) is 5.87. The van der Waals surface area contributed by atoms with Crippen molar-refractivity contribution in [2.75, 3.05) is 0 Å². The van der Waals surface area contributed by atoms with Gasteiger partial charge in [-0.05, 0) is 44.0 Å². The van der Waals surface area contributed by atoms with Gasteiger partial charge in [0.05, 0.1) is 15.4 Å². The number of hydrogen-bond acceptors (Lipinski definition) is 2. The molecule has 1 aromatic heterocycles. The van der Waals surface area contributed by atoms with Crippen LogP contribution in [0.2, 0.25) is 0 Å². The van der Waals surface area contributed by atoms with Crippen molar-refractivity contribution < 1.29 is 17.6 Å². The van der Waals surface area contributed by atoms with Crippen LogP contribution in [0.15, 0.2) is 36.6 Å². The zero-order valence-corrected chi connectivity index (χ0v) is 11.1. The smallest absolute Gasteiger partial charge is 0.416 e. The molecule has 0 saturated carbocycles. The predicted octanol–water partition coefficient (Wildman–Crippen LogP) is 4.34. The Hall–Kier alpha value is -0.820. The molecule has 0 atom stereocenters. The van der Waals surface area contributed by atoms with Gasteiger partial charge in [-0.3, -0.25) is 4.79 Å². The van der Waals surface area contributed by atoms with E-state index in [1.165, 1.54) is 0 Å². The van der Waals surface area contributed by atoms with Gasteiger partial charge in [-0.2, -0.15) is 13.2 Å². The van der Waals surface area contributed by atoms with Gasteiger partial charge in [0.2, 0.25) is 5.43 Å². The lowest BCUT2D eigenvalue weighted by Crippen LogP contribution is -2.08. The normalized spacial score (nSPS) is 12.1. The van der Waals surface area contributed by atoms with E-state index in [4.69, 9.17) is 4.42 Å². The summed E-state index contributed by atoms with van der Waals surface area (Å²) in [5, 5.41) is -0.124. The van der Waals surface area contributed by atoms with Crippen molar-refractivity contribution in [3.63, 3.8) is 0 Å². The minimum absolute atomic E-state index is 0.0798. The van der Waals surface area contributed by atoms with E-state index in [1.54, 1.807) is 0 Å². The van der Waals surface area contributed by atoms with Crippen LogP contribution in [0.4, 0.5) is 13.2 Å². The van der Waals surface area contributed by atoms with E-state index < -0.39 is 17.2 Å². The summed E-state index contributed by atoms with van der Waals surface area (Å²) in [6, 6.07) is 1.65. The average Bonchev–Trinajstić information content (AvgIpc) is 2.22. The van der Waals surface area contributed by atoms with Gasteiger partial charge in [0.25, 0.3) is 0 Å². The van der Waals surface area contributed by atoms with Crippen molar-refractivity contribution in [3.05, 3.63) is 43.1 Å². The van der Waals surface area contributed by atoms with Crippen LogP contribution >= 0.6 is 31.9 Å². The second-order valence-electron chi connectivity index (χ2n) is 3.25. The summed E-state index contributed by atoms with van der Waals surface area (Å²) in [6.07, 6.45) is -3.37. The van der Waals surface area contributed by atoms with Crippen molar-refractivity contribution in [1.29, 1.82) is 0 Å². The van der Waals surface area contributed by atoms with E-state index in [9.17, 15) is 18.0 Å². The molecule has 7 heteroatoms. The lowest BCUT2D eigenvalue weighted by Gasteiger charge is -2.08. The fraction of sp³-hybridized carbons (Fsp3) is 0.100. The molecule has 0 saturated heterocycles. The highest BCUT2D eigenvalue weighted by atomic mass is 79.9. The van der Waals surface area contributed by atoms with Gasteiger partial charge in [0.1, 0.15) is 10.7 Å². The predicted molar refractivity (Wildman–Crippen MR) is 62.9 cm³/mol. The molecule has 0 fully saturated rings. The van der Waals surface area contributed by atoms with Crippen LogP contribution in [0.25, 0.3) is 11.0 Å². The van der Waals surface area contributed by atoms with E-state index in [-0.39, 0.29) is 19.9 Å². The second-order valence-corrected chi connectivity index (χ2v) is 4.95. The van der Waals surface area contributed by atoms with E-state index in [2.05, 4.69) is 31.9 Å². The Morgan fingerprint density at radius 1 is 1.12 bits per heavy atom. The molecule has 0 radical (unpaired) electrons. The molecule has 0 unspecified atom stereocenters.